The minimum atomic E-state index is -0.261. The molecule has 198 valence electrons. The second-order valence-electron chi connectivity index (χ2n) is 9.35. The maximum absolute atomic E-state index is 13.2. The Hall–Kier alpha value is -4.48. The maximum Gasteiger partial charge on any atom is 0.272 e. The van der Waals surface area contributed by atoms with Gasteiger partial charge in [0, 0.05) is 51.8 Å². The van der Waals surface area contributed by atoms with Crippen molar-refractivity contribution in [2.75, 3.05) is 40.3 Å². The Bertz CT molecular complexity index is 1330. The number of hydrogen-bond donors (Lipinski definition) is 1. The van der Waals surface area contributed by atoms with Gasteiger partial charge in [-0.25, -0.2) is 4.68 Å². The molecule has 2 aliphatic heterocycles. The molecule has 2 bridgehead atoms. The molecule has 4 heterocycles. The lowest BCUT2D eigenvalue weighted by molar-refractivity contribution is -0.122. The Morgan fingerprint density at radius 3 is 2.82 bits per heavy atom. The molecule has 0 radical (unpaired) electrons. The summed E-state index contributed by atoms with van der Waals surface area (Å²) in [5.74, 6) is -0.0774. The van der Waals surface area contributed by atoms with E-state index in [2.05, 4.69) is 20.6 Å². The molecule has 2 atom stereocenters. The van der Waals surface area contributed by atoms with Crippen molar-refractivity contribution < 1.29 is 23.9 Å². The van der Waals surface area contributed by atoms with Crippen LogP contribution in [0.1, 0.15) is 39.0 Å². The van der Waals surface area contributed by atoms with Gasteiger partial charge < -0.3 is 24.6 Å². The predicted octanol–water partition coefficient (Wildman–Crippen LogP) is 1.17. The lowest BCUT2D eigenvalue weighted by Gasteiger charge is -2.21. The number of hydrogen-bond acceptors (Lipinski definition) is 8. The third-order valence-corrected chi connectivity index (χ3v) is 6.83. The number of para-hydroxylation sites is 1. The van der Waals surface area contributed by atoms with E-state index in [1.807, 2.05) is 0 Å². The van der Waals surface area contributed by atoms with Crippen LogP contribution in [0.2, 0.25) is 0 Å². The molecule has 2 aromatic heterocycles. The van der Waals surface area contributed by atoms with Crippen molar-refractivity contribution in [1.82, 2.24) is 35.1 Å². The molecule has 0 unspecified atom stereocenters. The van der Waals surface area contributed by atoms with Gasteiger partial charge in [0.05, 0.1) is 24.9 Å². The Morgan fingerprint density at radius 1 is 1.16 bits per heavy atom. The highest BCUT2D eigenvalue weighted by atomic mass is 16.5. The number of pyridine rings is 1. The van der Waals surface area contributed by atoms with E-state index in [-0.39, 0.29) is 49.3 Å². The number of ether oxygens (including phenoxy) is 2. The first-order valence-electron chi connectivity index (χ1n) is 12.4. The number of nitrogens with zero attached hydrogens (tertiary/aromatic N) is 6. The fourth-order valence-corrected chi connectivity index (χ4v) is 4.83. The standard InChI is InChI=1S/C26H29N7O5/c1-31-11-10-28-23(34)12-17-13-32(26(36)20-7-3-4-9-27-20)15-21(17)33-14-18(29-30-33)16-38-24-19(25(31)35)6-5-8-22(24)37-2/h3-9,14,17,21H,10-13,15-16H2,1-2H3,(H,28,34)/t17-,21+/m0/s1. The van der Waals surface area contributed by atoms with Gasteiger partial charge in [-0.05, 0) is 24.3 Å². The molecule has 1 N–H and O–H groups in total. The van der Waals surface area contributed by atoms with E-state index in [1.165, 1.54) is 12.0 Å². The molecule has 1 saturated heterocycles. The number of carbonyl (C=O) groups is 3. The second kappa shape index (κ2) is 10.9. The summed E-state index contributed by atoms with van der Waals surface area (Å²) < 4.78 is 13.2. The summed E-state index contributed by atoms with van der Waals surface area (Å²) >= 11 is 0. The summed E-state index contributed by atoms with van der Waals surface area (Å²) in [4.78, 5) is 46.6. The van der Waals surface area contributed by atoms with Crippen LogP contribution in [0.5, 0.6) is 11.5 Å². The number of amides is 3. The molecule has 2 aliphatic rings. The number of benzene rings is 1. The maximum atomic E-state index is 13.2. The van der Waals surface area contributed by atoms with Gasteiger partial charge in [0.1, 0.15) is 18.0 Å². The number of methoxy groups -OCH3 is 1. The first-order chi connectivity index (χ1) is 18.4. The molecular weight excluding hydrogens is 490 g/mol. The van der Waals surface area contributed by atoms with Gasteiger partial charge in [0.2, 0.25) is 5.91 Å². The van der Waals surface area contributed by atoms with Crippen molar-refractivity contribution in [3.63, 3.8) is 0 Å². The molecule has 5 rings (SSSR count). The second-order valence-corrected chi connectivity index (χ2v) is 9.35. The number of rotatable bonds is 2. The Kier molecular flexibility index (Phi) is 7.20. The summed E-state index contributed by atoms with van der Waals surface area (Å²) in [5.41, 5.74) is 1.23. The van der Waals surface area contributed by atoms with Gasteiger partial charge in [0.15, 0.2) is 11.5 Å². The molecular formula is C26H29N7O5. The normalized spacial score (nSPS) is 20.3. The molecule has 38 heavy (non-hydrogen) atoms. The zero-order chi connectivity index (χ0) is 26.6. The Morgan fingerprint density at radius 2 is 2.03 bits per heavy atom. The van der Waals surface area contributed by atoms with E-state index >= 15 is 0 Å². The van der Waals surface area contributed by atoms with Crippen molar-refractivity contribution in [1.29, 1.82) is 0 Å². The van der Waals surface area contributed by atoms with Crippen LogP contribution in [0.3, 0.4) is 0 Å². The van der Waals surface area contributed by atoms with Crippen molar-refractivity contribution in [3.8, 4) is 11.5 Å². The minimum Gasteiger partial charge on any atom is -0.493 e. The van der Waals surface area contributed by atoms with Gasteiger partial charge in [0.25, 0.3) is 11.8 Å². The third-order valence-electron chi connectivity index (χ3n) is 6.83. The zero-order valence-corrected chi connectivity index (χ0v) is 21.2. The summed E-state index contributed by atoms with van der Waals surface area (Å²) in [6.45, 7) is 1.39. The van der Waals surface area contributed by atoms with E-state index in [1.54, 1.807) is 65.4 Å². The highest BCUT2D eigenvalue weighted by molar-refractivity contribution is 5.97. The summed E-state index contributed by atoms with van der Waals surface area (Å²) in [6, 6.07) is 10.1. The summed E-state index contributed by atoms with van der Waals surface area (Å²) in [6.07, 6.45) is 3.52. The van der Waals surface area contributed by atoms with Crippen molar-refractivity contribution in [3.05, 3.63) is 65.7 Å². The van der Waals surface area contributed by atoms with Gasteiger partial charge in [-0.15, -0.1) is 5.10 Å². The molecule has 0 saturated carbocycles. The highest BCUT2D eigenvalue weighted by Gasteiger charge is 2.39. The molecule has 3 aromatic rings. The van der Waals surface area contributed by atoms with E-state index < -0.39 is 0 Å². The van der Waals surface area contributed by atoms with Crippen molar-refractivity contribution in [2.24, 2.45) is 5.92 Å². The van der Waals surface area contributed by atoms with Crippen LogP contribution >= 0.6 is 0 Å². The van der Waals surface area contributed by atoms with Gasteiger partial charge in [-0.2, -0.15) is 0 Å². The fraction of sp³-hybridized carbons (Fsp3) is 0.385. The van der Waals surface area contributed by atoms with Crippen LogP contribution in [-0.4, -0.2) is 87.8 Å². The molecule has 12 heteroatoms. The molecule has 0 aliphatic carbocycles. The average Bonchev–Trinajstić information content (AvgIpc) is 3.58. The number of fused-ring (bicyclic) bond motifs is 5. The third kappa shape index (κ3) is 5.15. The van der Waals surface area contributed by atoms with Gasteiger partial charge in [-0.1, -0.05) is 17.3 Å². The summed E-state index contributed by atoms with van der Waals surface area (Å²) in [5, 5.41) is 11.5. The number of carbonyl (C=O) groups excluding carboxylic acids is 3. The van der Waals surface area contributed by atoms with Crippen LogP contribution in [-0.2, 0) is 11.4 Å². The number of nitrogens with one attached hydrogen (secondary N) is 1. The largest absolute Gasteiger partial charge is 0.493 e. The number of likely N-dealkylation sites (tertiary alicyclic amines) is 1. The SMILES string of the molecule is COc1cccc2c1OCc1cn(nn1)[C@@H]1CN(C(=O)c3ccccn3)C[C@@H]1CC(=O)NCCN(C)C2=O. The van der Waals surface area contributed by atoms with E-state index in [0.29, 0.717) is 48.1 Å². The predicted molar refractivity (Wildman–Crippen MR) is 135 cm³/mol. The van der Waals surface area contributed by atoms with E-state index in [4.69, 9.17) is 9.47 Å². The van der Waals surface area contributed by atoms with Crippen LogP contribution in [0.15, 0.2) is 48.8 Å². The van der Waals surface area contributed by atoms with E-state index in [0.717, 1.165) is 0 Å². The quantitative estimate of drug-likeness (QED) is 0.534. The lowest BCUT2D eigenvalue weighted by atomic mass is 9.99. The Balaban J connectivity index is 1.44. The number of likely N-dealkylation sites (N-methyl/N-ethyl adjacent to an activating group) is 1. The van der Waals surface area contributed by atoms with Crippen LogP contribution < -0.4 is 14.8 Å². The first-order valence-corrected chi connectivity index (χ1v) is 12.4. The molecule has 1 aromatic carbocycles. The fourth-order valence-electron chi connectivity index (χ4n) is 4.83. The van der Waals surface area contributed by atoms with Gasteiger partial charge in [-0.3, -0.25) is 19.4 Å². The lowest BCUT2D eigenvalue weighted by Crippen LogP contribution is -2.37. The molecule has 12 nitrogen and oxygen atoms in total. The monoisotopic (exact) mass is 519 g/mol. The smallest absolute Gasteiger partial charge is 0.272 e. The zero-order valence-electron chi connectivity index (χ0n) is 21.2. The number of aromatic nitrogens is 4. The molecule has 3 amide bonds. The average molecular weight is 520 g/mol. The van der Waals surface area contributed by atoms with Crippen LogP contribution in [0, 0.1) is 5.92 Å². The minimum absolute atomic E-state index is 0.0544. The van der Waals surface area contributed by atoms with Crippen molar-refractivity contribution in [2.45, 2.75) is 19.1 Å². The van der Waals surface area contributed by atoms with Crippen molar-refractivity contribution >= 4 is 17.7 Å². The molecule has 0 spiro atoms. The highest BCUT2D eigenvalue weighted by Crippen LogP contribution is 2.34. The molecule has 1 fully saturated rings. The van der Waals surface area contributed by atoms with Crippen LogP contribution in [0.25, 0.3) is 0 Å². The topological polar surface area (TPSA) is 132 Å². The van der Waals surface area contributed by atoms with Crippen LogP contribution in [0.4, 0.5) is 0 Å². The Labute approximate surface area is 219 Å². The first kappa shape index (κ1) is 25.2. The van der Waals surface area contributed by atoms with Gasteiger partial charge >= 0.3 is 0 Å². The van der Waals surface area contributed by atoms with E-state index in [9.17, 15) is 14.4 Å². The summed E-state index contributed by atoms with van der Waals surface area (Å²) in [7, 11) is 3.18.